The number of fused-ring (bicyclic) bond motifs is 9. The van der Waals surface area contributed by atoms with Gasteiger partial charge >= 0.3 is 0 Å². The molecule has 268 valence electrons. The number of carbonyl (C=O) groups excluding carboxylic acids is 2. The van der Waals surface area contributed by atoms with Crippen LogP contribution in [0.3, 0.4) is 0 Å². The normalized spacial score (nSPS) is 16.3. The van der Waals surface area contributed by atoms with Gasteiger partial charge in [-0.2, -0.15) is 21.0 Å². The second-order valence-corrected chi connectivity index (χ2v) is 17.1. The van der Waals surface area contributed by atoms with Crippen LogP contribution in [0.1, 0.15) is 51.3 Å². The summed E-state index contributed by atoms with van der Waals surface area (Å²) >= 11 is 5.32. The Hall–Kier alpha value is -6.60. The minimum atomic E-state index is -1.25. The van der Waals surface area contributed by atoms with Gasteiger partial charge in [0, 0.05) is 43.7 Å². The maximum atomic E-state index is 14.3. The maximum Gasteiger partial charge on any atom is 0.212 e. The highest BCUT2D eigenvalue weighted by Gasteiger charge is 2.41. The van der Waals surface area contributed by atoms with Crippen molar-refractivity contribution in [1.29, 1.82) is 21.0 Å². The van der Waals surface area contributed by atoms with Crippen LogP contribution < -0.4 is 4.74 Å². The molecule has 9 nitrogen and oxygen atoms in total. The van der Waals surface area contributed by atoms with Gasteiger partial charge in [-0.25, -0.2) is 27.5 Å². The van der Waals surface area contributed by atoms with E-state index in [1.54, 1.807) is 36.4 Å². The summed E-state index contributed by atoms with van der Waals surface area (Å²) in [7, 11) is 0. The molecular weight excluding hydrogens is 805 g/mol. The number of benzene rings is 2. The molecule has 56 heavy (non-hydrogen) atoms. The monoisotopic (exact) mass is 816 g/mol. The van der Waals surface area contributed by atoms with Crippen LogP contribution in [-0.2, 0) is 5.60 Å². The zero-order valence-electron chi connectivity index (χ0n) is 28.0. The third-order valence-electron chi connectivity index (χ3n) is 9.27. The van der Waals surface area contributed by atoms with E-state index in [1.807, 2.05) is 13.8 Å². The lowest BCUT2D eigenvalue weighted by molar-refractivity contribution is 0.106. The van der Waals surface area contributed by atoms with E-state index in [0.717, 1.165) is 58.4 Å². The Kier molecular flexibility index (Phi) is 7.65. The zero-order chi connectivity index (χ0) is 39.5. The Balaban J connectivity index is 1.13. The number of hydrogen-bond donors (Lipinski definition) is 0. The summed E-state index contributed by atoms with van der Waals surface area (Å²) in [5.74, 6) is -5.92. The van der Waals surface area contributed by atoms with Crippen LogP contribution in [0, 0.1) is 68.6 Å². The highest BCUT2D eigenvalue weighted by atomic mass is 32.1. The molecule has 3 aliphatic rings. The zero-order valence-corrected chi connectivity index (χ0v) is 31.3. The molecule has 0 bridgehead atoms. The van der Waals surface area contributed by atoms with Crippen molar-refractivity contribution in [3.63, 3.8) is 0 Å². The number of Topliss-reactive ketones (excluding diaryl/α,β-unsaturated/α-hetero) is 2. The van der Waals surface area contributed by atoms with E-state index in [2.05, 4.69) is 9.98 Å². The average molecular weight is 817 g/mol. The first-order valence-electron chi connectivity index (χ1n) is 16.0. The first-order valence-corrected chi connectivity index (χ1v) is 19.2. The van der Waals surface area contributed by atoms with E-state index < -0.39 is 51.6 Å². The van der Waals surface area contributed by atoms with Gasteiger partial charge in [0.1, 0.15) is 62.4 Å². The van der Waals surface area contributed by atoms with Crippen molar-refractivity contribution in [2.24, 2.45) is 9.98 Å². The van der Waals surface area contributed by atoms with Crippen molar-refractivity contribution >= 4 is 108 Å². The third-order valence-corrected chi connectivity index (χ3v) is 14.0. The Bertz CT molecular complexity index is 3210. The summed E-state index contributed by atoms with van der Waals surface area (Å²) in [6, 6.07) is 13.4. The quantitative estimate of drug-likeness (QED) is 0.124. The first kappa shape index (κ1) is 35.1. The van der Waals surface area contributed by atoms with Gasteiger partial charge in [0.2, 0.25) is 11.6 Å². The number of ether oxygens (including phenoxy) is 1. The molecule has 1 aliphatic heterocycles. The molecule has 4 aromatic heterocycles. The first-order chi connectivity index (χ1) is 26.8. The van der Waals surface area contributed by atoms with Crippen molar-refractivity contribution < 1.29 is 31.9 Å². The van der Waals surface area contributed by atoms with Crippen LogP contribution in [-0.4, -0.2) is 23.0 Å². The standard InChI is InChI=1S/C39H12F4N6O3S4/c1-39(2)29-35-23(7-25(55-35)48-30-27(13(9-44)10-45)15-3-19(40)21(42)5-17(15)32(30)50)53-37(29)38-34(52-39)36-24(54-38)8-26(56-36)49-31-28(14(11-46)12-47)16-4-20(41)22(43)6-18(16)33(31)51/h3-8H,1-2H3. The lowest BCUT2D eigenvalue weighted by Crippen LogP contribution is -2.27. The van der Waals surface area contributed by atoms with Gasteiger partial charge in [-0.3, -0.25) is 9.59 Å². The fraction of sp³-hybridized carbons (Fsp3) is 0.0769. The number of thiophene rings is 4. The number of aliphatic imine (C=N–C) groups is 2. The Labute approximate surface area is 327 Å². The molecule has 2 aromatic carbocycles. The molecule has 0 atom stereocenters. The van der Waals surface area contributed by atoms with E-state index in [1.165, 1.54) is 45.3 Å². The smallest absolute Gasteiger partial charge is 0.212 e. The number of halogens is 4. The largest absolute Gasteiger partial charge is 0.480 e. The summed E-state index contributed by atoms with van der Waals surface area (Å²) in [5.41, 5.74) is -2.50. The van der Waals surface area contributed by atoms with Crippen LogP contribution in [0.25, 0.3) is 39.7 Å². The molecule has 2 aliphatic carbocycles. The Morgan fingerprint density at radius 1 is 0.607 bits per heavy atom. The molecule has 0 N–H and O–H groups in total. The number of carbonyl (C=O) groups is 2. The van der Waals surface area contributed by atoms with Crippen molar-refractivity contribution in [3.8, 4) is 39.8 Å². The fourth-order valence-corrected chi connectivity index (χ4v) is 12.2. The van der Waals surface area contributed by atoms with E-state index in [4.69, 9.17) is 4.74 Å². The molecule has 6 aromatic rings. The van der Waals surface area contributed by atoms with Gasteiger partial charge in [0.05, 0.1) is 23.9 Å². The molecule has 0 spiro atoms. The SMILES string of the molecule is CC1(C)Oc2c(sc3cc(N=C4C(=O)c5cc(F)c(F)cc5C4=C(C#N)C#N)sc23)-c2sc3cc(N=C4C(=O)c5cc(F)c(F)cc5C4=C(C#N)C#N)sc3c21. The minimum Gasteiger partial charge on any atom is -0.480 e. The van der Waals surface area contributed by atoms with Crippen molar-refractivity contribution in [2.45, 2.75) is 19.4 Å². The van der Waals surface area contributed by atoms with E-state index >= 15 is 0 Å². The summed E-state index contributed by atoms with van der Waals surface area (Å²) in [6.45, 7) is 3.76. The molecular formula is C39H12F4N6O3S4. The van der Waals surface area contributed by atoms with Crippen LogP contribution in [0.5, 0.6) is 5.75 Å². The van der Waals surface area contributed by atoms with Gasteiger partial charge in [0.25, 0.3) is 0 Å². The number of allylic oxidation sites excluding steroid dienone is 4. The van der Waals surface area contributed by atoms with Crippen molar-refractivity contribution in [1.82, 2.24) is 0 Å². The van der Waals surface area contributed by atoms with Gasteiger partial charge in [-0.1, -0.05) is 0 Å². The lowest BCUT2D eigenvalue weighted by Gasteiger charge is -2.31. The molecule has 0 amide bonds. The molecule has 0 fully saturated rings. The highest BCUT2D eigenvalue weighted by molar-refractivity contribution is 7.36. The van der Waals surface area contributed by atoms with E-state index in [0.29, 0.717) is 15.8 Å². The number of nitriles is 4. The number of nitrogens with zero attached hydrogens (tertiary/aromatic N) is 6. The van der Waals surface area contributed by atoms with E-state index in [-0.39, 0.29) is 44.8 Å². The van der Waals surface area contributed by atoms with Gasteiger partial charge in [-0.15, -0.1) is 45.3 Å². The summed E-state index contributed by atoms with van der Waals surface area (Å²) in [5, 5.41) is 39.2. The highest BCUT2D eigenvalue weighted by Crippen LogP contribution is 2.61. The predicted molar refractivity (Wildman–Crippen MR) is 204 cm³/mol. The second-order valence-electron chi connectivity index (χ2n) is 12.9. The fourth-order valence-electron chi connectivity index (χ4n) is 6.93. The molecule has 0 unspecified atom stereocenters. The van der Waals surface area contributed by atoms with Gasteiger partial charge in [-0.05, 0) is 50.2 Å². The number of rotatable bonds is 2. The second kappa shape index (κ2) is 12.2. The molecule has 0 saturated heterocycles. The average Bonchev–Trinajstić information content (AvgIpc) is 3.98. The Morgan fingerprint density at radius 2 is 1.02 bits per heavy atom. The summed E-state index contributed by atoms with van der Waals surface area (Å²) in [6.07, 6.45) is 0. The van der Waals surface area contributed by atoms with Crippen LogP contribution in [0.2, 0.25) is 0 Å². The number of ketones is 2. The van der Waals surface area contributed by atoms with Crippen LogP contribution in [0.15, 0.2) is 57.5 Å². The summed E-state index contributed by atoms with van der Waals surface area (Å²) in [4.78, 5) is 37.6. The third kappa shape index (κ3) is 4.89. The topological polar surface area (TPSA) is 163 Å². The molecule has 9 rings (SSSR count). The maximum absolute atomic E-state index is 14.3. The van der Waals surface area contributed by atoms with Crippen LogP contribution in [0.4, 0.5) is 27.6 Å². The van der Waals surface area contributed by atoms with Crippen molar-refractivity contribution in [3.05, 3.63) is 98.6 Å². The van der Waals surface area contributed by atoms with E-state index in [9.17, 15) is 48.2 Å². The minimum absolute atomic E-state index is 0.0903. The Morgan fingerprint density at radius 3 is 1.48 bits per heavy atom. The molecule has 5 heterocycles. The lowest BCUT2D eigenvalue weighted by atomic mass is 9.95. The van der Waals surface area contributed by atoms with Crippen molar-refractivity contribution in [2.75, 3.05) is 0 Å². The molecule has 17 heteroatoms. The van der Waals surface area contributed by atoms with Gasteiger partial charge in [0.15, 0.2) is 29.0 Å². The summed E-state index contributed by atoms with van der Waals surface area (Å²) < 4.78 is 66.5. The molecule has 0 radical (unpaired) electrons. The number of hydrogen-bond acceptors (Lipinski definition) is 13. The molecule has 0 saturated carbocycles. The van der Waals surface area contributed by atoms with Crippen LogP contribution >= 0.6 is 45.3 Å². The predicted octanol–water partition coefficient (Wildman–Crippen LogP) is 10.6. The van der Waals surface area contributed by atoms with Gasteiger partial charge < -0.3 is 4.74 Å².